The number of aryl methyl sites for hydroxylation is 4. The van der Waals surface area contributed by atoms with Gasteiger partial charge in [0.2, 0.25) is 0 Å². The van der Waals surface area contributed by atoms with Crippen LogP contribution in [0.25, 0.3) is 0 Å². The number of amides is 1. The lowest BCUT2D eigenvalue weighted by molar-refractivity contribution is -0.128. The summed E-state index contributed by atoms with van der Waals surface area (Å²) in [5, 5.41) is 3.13. The van der Waals surface area contributed by atoms with E-state index >= 15 is 0 Å². The summed E-state index contributed by atoms with van der Waals surface area (Å²) in [5.74, 6) is 0.725. The first kappa shape index (κ1) is 18.5. The van der Waals surface area contributed by atoms with Gasteiger partial charge >= 0.3 is 0 Å². The van der Waals surface area contributed by atoms with Crippen molar-refractivity contribution in [1.29, 1.82) is 0 Å². The Morgan fingerprint density at radius 2 is 1.88 bits per heavy atom. The third-order valence-electron chi connectivity index (χ3n) is 5.24. The molecule has 2 atom stereocenters. The maximum Gasteiger partial charge on any atom is 0.261 e. The number of hydrogen-bond acceptors (Lipinski definition) is 2. The molecule has 2 aromatic rings. The lowest BCUT2D eigenvalue weighted by atomic mass is 10.0. The fraction of sp³-hybridized carbons (Fsp3) is 0.435. The fourth-order valence-electron chi connectivity index (χ4n) is 3.66. The minimum atomic E-state index is -0.478. The fourth-order valence-corrected chi connectivity index (χ4v) is 3.66. The summed E-state index contributed by atoms with van der Waals surface area (Å²) in [6.45, 7) is 8.09. The van der Waals surface area contributed by atoms with Crippen LogP contribution in [-0.4, -0.2) is 12.0 Å². The van der Waals surface area contributed by atoms with Crippen LogP contribution in [0.3, 0.4) is 0 Å². The van der Waals surface area contributed by atoms with Crippen molar-refractivity contribution in [2.24, 2.45) is 0 Å². The smallest absolute Gasteiger partial charge is 0.261 e. The number of carbonyl (C=O) groups excluding carboxylic acids is 1. The van der Waals surface area contributed by atoms with Gasteiger partial charge in [0.05, 0.1) is 6.04 Å². The molecule has 3 rings (SSSR count). The largest absolute Gasteiger partial charge is 0.480 e. The molecule has 0 aliphatic heterocycles. The van der Waals surface area contributed by atoms with Gasteiger partial charge in [-0.1, -0.05) is 42.8 Å². The second-order valence-corrected chi connectivity index (χ2v) is 7.40. The van der Waals surface area contributed by atoms with Gasteiger partial charge in [-0.05, 0) is 74.8 Å². The first-order valence-corrected chi connectivity index (χ1v) is 9.64. The second-order valence-electron chi connectivity index (χ2n) is 7.40. The molecule has 2 aromatic carbocycles. The molecule has 0 heterocycles. The van der Waals surface area contributed by atoms with E-state index < -0.39 is 6.10 Å². The highest BCUT2D eigenvalue weighted by Crippen LogP contribution is 2.26. The number of rotatable bonds is 6. The van der Waals surface area contributed by atoms with Crippen LogP contribution in [-0.2, 0) is 17.6 Å². The van der Waals surface area contributed by atoms with Crippen molar-refractivity contribution in [2.75, 3.05) is 0 Å². The molecule has 3 nitrogen and oxygen atoms in total. The summed E-state index contributed by atoms with van der Waals surface area (Å²) in [6, 6.07) is 12.6. The summed E-state index contributed by atoms with van der Waals surface area (Å²) in [7, 11) is 0. The molecule has 1 aliphatic rings. The molecule has 0 saturated carbocycles. The quantitative estimate of drug-likeness (QED) is 0.810. The third-order valence-corrected chi connectivity index (χ3v) is 5.24. The van der Waals surface area contributed by atoms with Gasteiger partial charge in [-0.25, -0.2) is 0 Å². The van der Waals surface area contributed by atoms with Crippen molar-refractivity contribution < 1.29 is 9.53 Å². The Bertz CT molecular complexity index is 797. The van der Waals surface area contributed by atoms with E-state index in [0.29, 0.717) is 6.42 Å². The molecular weight excluding hydrogens is 322 g/mol. The van der Waals surface area contributed by atoms with Crippen LogP contribution in [0.2, 0.25) is 0 Å². The number of nitrogens with one attached hydrogen (secondary N) is 1. The van der Waals surface area contributed by atoms with E-state index in [9.17, 15) is 4.79 Å². The van der Waals surface area contributed by atoms with Gasteiger partial charge in [0, 0.05) is 0 Å². The van der Waals surface area contributed by atoms with Gasteiger partial charge < -0.3 is 10.1 Å². The zero-order chi connectivity index (χ0) is 18.7. The van der Waals surface area contributed by atoms with Crippen molar-refractivity contribution >= 4 is 5.91 Å². The first-order chi connectivity index (χ1) is 12.5. The van der Waals surface area contributed by atoms with Gasteiger partial charge in [0.15, 0.2) is 6.10 Å². The SMILES string of the molecule is CC[C@@H](Oc1ccc(C)cc1C)C(=O)N[C@@H](C)c1ccc2c(c1)CCC2. The van der Waals surface area contributed by atoms with E-state index in [4.69, 9.17) is 4.74 Å². The van der Waals surface area contributed by atoms with Crippen LogP contribution in [0.1, 0.15) is 60.5 Å². The van der Waals surface area contributed by atoms with Crippen molar-refractivity contribution in [2.45, 2.75) is 65.5 Å². The standard InChI is InChI=1S/C23H29NO2/c1-5-21(26-22-12-9-15(2)13-16(22)3)23(25)24-17(4)19-11-10-18-7-6-8-20(18)14-19/h9-14,17,21H,5-8H2,1-4H3,(H,24,25)/t17-,21+/m0/s1. The Morgan fingerprint density at radius 1 is 1.12 bits per heavy atom. The molecule has 0 aromatic heterocycles. The maximum absolute atomic E-state index is 12.7. The molecule has 0 bridgehead atoms. The van der Waals surface area contributed by atoms with Gasteiger partial charge in [-0.2, -0.15) is 0 Å². The van der Waals surface area contributed by atoms with Crippen LogP contribution in [0.5, 0.6) is 5.75 Å². The van der Waals surface area contributed by atoms with E-state index in [1.54, 1.807) is 0 Å². The number of carbonyl (C=O) groups is 1. The monoisotopic (exact) mass is 351 g/mol. The molecule has 0 unspecified atom stereocenters. The summed E-state index contributed by atoms with van der Waals surface area (Å²) in [5.41, 5.74) is 6.31. The van der Waals surface area contributed by atoms with Crippen LogP contribution >= 0.6 is 0 Å². The summed E-state index contributed by atoms with van der Waals surface area (Å²) in [6.07, 6.45) is 3.72. The zero-order valence-corrected chi connectivity index (χ0v) is 16.3. The average Bonchev–Trinajstić information content (AvgIpc) is 3.08. The van der Waals surface area contributed by atoms with E-state index in [-0.39, 0.29) is 11.9 Å². The van der Waals surface area contributed by atoms with Gasteiger partial charge in [0.1, 0.15) is 5.75 Å². The number of hydrogen-bond donors (Lipinski definition) is 1. The average molecular weight is 351 g/mol. The molecule has 1 aliphatic carbocycles. The highest BCUT2D eigenvalue weighted by molar-refractivity contribution is 5.81. The summed E-state index contributed by atoms with van der Waals surface area (Å²) in [4.78, 5) is 12.7. The van der Waals surface area contributed by atoms with Gasteiger partial charge in [-0.15, -0.1) is 0 Å². The molecule has 0 radical (unpaired) electrons. The Balaban J connectivity index is 1.66. The normalized spacial score (nSPS) is 15.2. The molecular formula is C23H29NO2. The minimum absolute atomic E-state index is 0.0230. The Kier molecular flexibility index (Phi) is 5.65. The summed E-state index contributed by atoms with van der Waals surface area (Å²) >= 11 is 0. The molecule has 0 fully saturated rings. The van der Waals surface area contributed by atoms with E-state index in [1.807, 2.05) is 32.9 Å². The second kappa shape index (κ2) is 7.94. The Labute approximate surface area is 156 Å². The number of ether oxygens (including phenoxy) is 1. The Morgan fingerprint density at radius 3 is 2.62 bits per heavy atom. The zero-order valence-electron chi connectivity index (χ0n) is 16.3. The van der Waals surface area contributed by atoms with Crippen LogP contribution < -0.4 is 10.1 Å². The predicted molar refractivity (Wildman–Crippen MR) is 106 cm³/mol. The Hall–Kier alpha value is -2.29. The van der Waals surface area contributed by atoms with Crippen LogP contribution in [0, 0.1) is 13.8 Å². The third kappa shape index (κ3) is 4.09. The molecule has 26 heavy (non-hydrogen) atoms. The molecule has 138 valence electrons. The number of benzene rings is 2. The maximum atomic E-state index is 12.7. The lowest BCUT2D eigenvalue weighted by Crippen LogP contribution is -2.39. The van der Waals surface area contributed by atoms with Gasteiger partial charge in [0.25, 0.3) is 5.91 Å². The van der Waals surface area contributed by atoms with E-state index in [1.165, 1.54) is 35.1 Å². The highest BCUT2D eigenvalue weighted by Gasteiger charge is 2.22. The molecule has 1 N–H and O–H groups in total. The number of fused-ring (bicyclic) bond motifs is 1. The predicted octanol–water partition coefficient (Wildman–Crippen LogP) is 4.83. The van der Waals surface area contributed by atoms with Crippen LogP contribution in [0.15, 0.2) is 36.4 Å². The highest BCUT2D eigenvalue weighted by atomic mass is 16.5. The molecule has 1 amide bonds. The molecule has 0 spiro atoms. The minimum Gasteiger partial charge on any atom is -0.480 e. The van der Waals surface area contributed by atoms with Crippen molar-refractivity contribution in [1.82, 2.24) is 5.32 Å². The van der Waals surface area contributed by atoms with Crippen molar-refractivity contribution in [3.8, 4) is 5.75 Å². The van der Waals surface area contributed by atoms with Crippen molar-refractivity contribution in [3.05, 3.63) is 64.2 Å². The lowest BCUT2D eigenvalue weighted by Gasteiger charge is -2.22. The first-order valence-electron chi connectivity index (χ1n) is 9.64. The van der Waals surface area contributed by atoms with E-state index in [0.717, 1.165) is 17.7 Å². The topological polar surface area (TPSA) is 38.3 Å². The molecule has 0 saturated heterocycles. The van der Waals surface area contributed by atoms with Gasteiger partial charge in [-0.3, -0.25) is 4.79 Å². The molecule has 3 heteroatoms. The van der Waals surface area contributed by atoms with Crippen LogP contribution in [0.4, 0.5) is 0 Å². The summed E-state index contributed by atoms with van der Waals surface area (Å²) < 4.78 is 6.01. The van der Waals surface area contributed by atoms with Crippen molar-refractivity contribution in [3.63, 3.8) is 0 Å². The van der Waals surface area contributed by atoms with E-state index in [2.05, 4.69) is 36.5 Å².